The topological polar surface area (TPSA) is 141 Å². The highest BCUT2D eigenvalue weighted by Gasteiger charge is 2.36. The number of amides is 3. The lowest BCUT2D eigenvalue weighted by Gasteiger charge is -2.46. The van der Waals surface area contributed by atoms with E-state index in [4.69, 9.17) is 9.72 Å². The van der Waals surface area contributed by atoms with Crippen molar-refractivity contribution in [2.75, 3.05) is 65.9 Å². The van der Waals surface area contributed by atoms with Crippen LogP contribution in [-0.2, 0) is 16.6 Å². The van der Waals surface area contributed by atoms with Crippen LogP contribution in [0.15, 0.2) is 53.7 Å². The molecule has 4 atom stereocenters. The van der Waals surface area contributed by atoms with E-state index < -0.39 is 29.4 Å². The lowest BCUT2D eigenvalue weighted by atomic mass is 9.89. The second-order valence-electron chi connectivity index (χ2n) is 17.2. The smallest absolute Gasteiger partial charge is 0.280 e. The normalized spacial score (nSPS) is 24.7. The maximum absolute atomic E-state index is 15.4. The number of benzene rings is 2. The number of nitrogens with one attached hydrogen (secondary N) is 2. The van der Waals surface area contributed by atoms with Crippen molar-refractivity contribution in [3.8, 4) is 17.1 Å². The van der Waals surface area contributed by atoms with E-state index in [0.29, 0.717) is 60.2 Å². The van der Waals surface area contributed by atoms with E-state index in [2.05, 4.69) is 72.4 Å². The number of carbonyl (C=O) groups is 3. The molecule has 2 N–H and O–H groups in total. The number of fused-ring (bicyclic) bond motifs is 7. The molecule has 3 amide bonds. The number of aryl methyl sites for hydroxylation is 2. The van der Waals surface area contributed by atoms with Crippen LogP contribution >= 0.6 is 0 Å². The number of pyridine rings is 1. The van der Waals surface area contributed by atoms with Gasteiger partial charge in [0, 0.05) is 93.0 Å². The first-order valence-electron chi connectivity index (χ1n) is 21.4. The van der Waals surface area contributed by atoms with E-state index in [1.54, 1.807) is 23.0 Å². The van der Waals surface area contributed by atoms with Gasteiger partial charge in [0.2, 0.25) is 23.7 Å². The lowest BCUT2D eigenvalue weighted by molar-refractivity contribution is -0.134. The molecular formula is C45H52F2N10O4. The summed E-state index contributed by atoms with van der Waals surface area (Å²) in [5.74, 6) is -2.56. The van der Waals surface area contributed by atoms with E-state index in [1.165, 1.54) is 12.1 Å². The highest BCUT2D eigenvalue weighted by atomic mass is 19.1. The Morgan fingerprint density at radius 2 is 1.67 bits per heavy atom. The number of piperazine rings is 1. The number of ether oxygens (including phenoxy) is 1. The second kappa shape index (κ2) is 16.5. The van der Waals surface area contributed by atoms with Gasteiger partial charge in [-0.05, 0) is 94.3 Å². The van der Waals surface area contributed by atoms with Crippen LogP contribution < -0.4 is 30.1 Å². The van der Waals surface area contributed by atoms with Gasteiger partial charge in [0.05, 0.1) is 41.4 Å². The fourth-order valence-corrected chi connectivity index (χ4v) is 9.73. The molecule has 2 bridgehead atoms. The van der Waals surface area contributed by atoms with Crippen molar-refractivity contribution >= 4 is 46.4 Å². The van der Waals surface area contributed by atoms with Gasteiger partial charge in [-0.3, -0.25) is 29.6 Å². The molecule has 9 rings (SSSR count). The molecule has 0 spiro atoms. The third-order valence-corrected chi connectivity index (χ3v) is 12.9. The number of imide groups is 1. The van der Waals surface area contributed by atoms with Crippen LogP contribution in [0.1, 0.15) is 79.9 Å². The van der Waals surface area contributed by atoms with E-state index in [1.807, 2.05) is 14.0 Å². The number of piperidine rings is 2. The van der Waals surface area contributed by atoms with E-state index in [9.17, 15) is 14.4 Å². The van der Waals surface area contributed by atoms with E-state index in [0.717, 1.165) is 74.5 Å². The van der Waals surface area contributed by atoms with Crippen molar-refractivity contribution in [3.63, 3.8) is 0 Å². The maximum atomic E-state index is 15.4. The minimum Gasteiger partial charge on any atom is -0.477 e. The van der Waals surface area contributed by atoms with Gasteiger partial charge in [0.25, 0.3) is 5.91 Å². The number of guanidine groups is 1. The monoisotopic (exact) mass is 834 g/mol. The zero-order valence-electron chi connectivity index (χ0n) is 35.1. The standard InChI is InChI=1S/C45H52F2N10O4/c1-26-6-5-17-61-44-34(24-48-53(44)4)38-20-29(18-27(2)49-38)42(59)52-45-50-37-9-7-30(23-39(37)57(45)25-26)54-13-15-55(16-14-54)31-11-12-56(28(3)19-31)32-21-35(46)41(36(47)22-32)33-8-10-40(58)51-43(33)60/h7,9,18,20-24,26,28,31,33H,5-6,8,10-17,19,25H2,1-4H3,(H,50,52,59)(H,51,58,60)/t26-,28-,31+,33-/m1/s1. The molecule has 0 aliphatic carbocycles. The van der Waals surface area contributed by atoms with Crippen molar-refractivity contribution in [1.82, 2.24) is 25.0 Å². The molecule has 320 valence electrons. The van der Waals surface area contributed by atoms with Gasteiger partial charge < -0.3 is 24.8 Å². The molecule has 3 saturated heterocycles. The number of nitrogens with zero attached hydrogens (tertiary/aromatic N) is 8. The number of rotatable bonds is 4. The zero-order valence-corrected chi connectivity index (χ0v) is 35.1. The Bertz CT molecular complexity index is 2390. The third kappa shape index (κ3) is 8.05. The summed E-state index contributed by atoms with van der Waals surface area (Å²) >= 11 is 0. The minimum absolute atomic E-state index is 0.0513. The van der Waals surface area contributed by atoms with Gasteiger partial charge in [-0.2, -0.15) is 10.1 Å². The summed E-state index contributed by atoms with van der Waals surface area (Å²) in [6, 6.07) is 13.0. The predicted octanol–water partition coefficient (Wildman–Crippen LogP) is 6.01. The average Bonchev–Trinajstić information content (AvgIpc) is 3.77. The quantitative estimate of drug-likeness (QED) is 0.234. The summed E-state index contributed by atoms with van der Waals surface area (Å²) < 4.78 is 38.8. The molecule has 5 aliphatic rings. The molecule has 0 unspecified atom stereocenters. The van der Waals surface area contributed by atoms with Crippen molar-refractivity contribution in [2.45, 2.75) is 77.3 Å². The van der Waals surface area contributed by atoms with Gasteiger partial charge in [-0.25, -0.2) is 13.5 Å². The Kier molecular flexibility index (Phi) is 11.0. The molecule has 0 saturated carbocycles. The van der Waals surface area contributed by atoms with Crippen molar-refractivity contribution in [1.29, 1.82) is 0 Å². The van der Waals surface area contributed by atoms with Gasteiger partial charge in [-0.1, -0.05) is 6.92 Å². The van der Waals surface area contributed by atoms with Crippen molar-refractivity contribution in [3.05, 3.63) is 77.1 Å². The fourth-order valence-electron chi connectivity index (χ4n) is 9.73. The summed E-state index contributed by atoms with van der Waals surface area (Å²) in [7, 11) is 1.84. The minimum atomic E-state index is -1.02. The molecule has 4 aromatic rings. The Morgan fingerprint density at radius 3 is 2.43 bits per heavy atom. The molecule has 0 radical (unpaired) electrons. The number of halogens is 2. The van der Waals surface area contributed by atoms with Crippen molar-refractivity contribution < 1.29 is 27.9 Å². The molecular weight excluding hydrogens is 783 g/mol. The Hall–Kier alpha value is -5.90. The maximum Gasteiger partial charge on any atom is 0.280 e. The SMILES string of the molecule is Cc1cc2cc(n1)-c1cnn(C)c1OCCC[C@@H](C)CN1/C(=N/C2=O)Nc2ccc(N3CCN([C@H]4CCN(c5cc(F)c([C@H]6CCC(=O)NC6=O)c(F)c5)[C@H](C)C4)CC3)cc21. The molecule has 3 fully saturated rings. The summed E-state index contributed by atoms with van der Waals surface area (Å²) in [6.07, 6.45) is 5.34. The van der Waals surface area contributed by atoms with Crippen molar-refractivity contribution in [2.24, 2.45) is 18.0 Å². The van der Waals surface area contributed by atoms with Crippen LogP contribution in [0, 0.1) is 24.5 Å². The fraction of sp³-hybridized carbons (Fsp3) is 0.467. The number of aliphatic imine (C=N–C) groups is 1. The van der Waals surface area contributed by atoms with Gasteiger partial charge >= 0.3 is 0 Å². The third-order valence-electron chi connectivity index (χ3n) is 12.9. The van der Waals surface area contributed by atoms with Gasteiger partial charge in [0.15, 0.2) is 0 Å². The average molecular weight is 835 g/mol. The first kappa shape index (κ1) is 40.5. The van der Waals surface area contributed by atoms with Gasteiger partial charge in [-0.15, -0.1) is 0 Å². The Labute approximate surface area is 353 Å². The highest BCUT2D eigenvalue weighted by molar-refractivity contribution is 6.19. The summed E-state index contributed by atoms with van der Waals surface area (Å²) in [5.41, 5.74) is 5.69. The summed E-state index contributed by atoms with van der Waals surface area (Å²) in [5, 5.41) is 10.1. The molecule has 16 heteroatoms. The largest absolute Gasteiger partial charge is 0.477 e. The Balaban J connectivity index is 0.869. The molecule has 2 aromatic heterocycles. The van der Waals surface area contributed by atoms with E-state index >= 15 is 8.78 Å². The highest BCUT2D eigenvalue weighted by Crippen LogP contribution is 2.39. The van der Waals surface area contributed by atoms with Crippen LogP contribution in [0.25, 0.3) is 11.3 Å². The van der Waals surface area contributed by atoms with Crippen LogP contribution in [0.4, 0.5) is 31.5 Å². The summed E-state index contributed by atoms with van der Waals surface area (Å²) in [6.45, 7) is 11.5. The number of hydrogen-bond donors (Lipinski definition) is 2. The number of anilines is 4. The van der Waals surface area contributed by atoms with Gasteiger partial charge in [0.1, 0.15) is 11.6 Å². The number of aromatic nitrogens is 3. The molecule has 7 heterocycles. The second-order valence-corrected chi connectivity index (χ2v) is 17.2. The predicted molar refractivity (Wildman–Crippen MR) is 229 cm³/mol. The number of carbonyl (C=O) groups excluding carboxylic acids is 3. The van der Waals surface area contributed by atoms with Crippen LogP contribution in [0.3, 0.4) is 0 Å². The lowest BCUT2D eigenvalue weighted by Crippen LogP contribution is -2.55. The van der Waals surface area contributed by atoms with Crippen LogP contribution in [0.2, 0.25) is 0 Å². The first-order valence-corrected chi connectivity index (χ1v) is 21.4. The molecule has 14 nitrogen and oxygen atoms in total. The number of hydrogen-bond acceptors (Lipinski definition) is 11. The summed E-state index contributed by atoms with van der Waals surface area (Å²) in [4.78, 5) is 56.4. The van der Waals surface area contributed by atoms with Crippen LogP contribution in [0.5, 0.6) is 5.88 Å². The zero-order chi connectivity index (χ0) is 42.5. The molecule has 2 aromatic carbocycles. The van der Waals surface area contributed by atoms with Crippen LogP contribution in [-0.4, -0.2) is 101 Å². The first-order chi connectivity index (χ1) is 29.4. The van der Waals surface area contributed by atoms with E-state index in [-0.39, 0.29) is 36.3 Å². The Morgan fingerprint density at radius 1 is 0.885 bits per heavy atom. The molecule has 61 heavy (non-hydrogen) atoms. The molecule has 5 aliphatic heterocycles.